The Morgan fingerprint density at radius 2 is 1.56 bits per heavy atom. The van der Waals surface area contributed by atoms with Gasteiger partial charge in [-0.3, -0.25) is 14.7 Å². The number of rotatable bonds is 5. The number of hydrogen-bond donors (Lipinski definition) is 0. The molecule has 6 nitrogen and oxygen atoms in total. The Bertz CT molecular complexity index is 1560. The lowest BCUT2D eigenvalue weighted by Gasteiger charge is -2.47. The molecule has 3 aromatic carbocycles. The number of ether oxygens (including phenoxy) is 1. The van der Waals surface area contributed by atoms with Crippen molar-refractivity contribution in [2.75, 3.05) is 19.7 Å². The molecule has 2 amide bonds. The lowest BCUT2D eigenvalue weighted by molar-refractivity contribution is -0.121. The zero-order chi connectivity index (χ0) is 31.2. The van der Waals surface area contributed by atoms with Gasteiger partial charge in [-0.15, -0.1) is 0 Å². The number of carbonyl (C=O) groups excluding carboxylic acids is 2. The topological polar surface area (TPSA) is 62.2 Å². The van der Waals surface area contributed by atoms with Crippen molar-refractivity contribution in [1.82, 2.24) is 9.80 Å². The van der Waals surface area contributed by atoms with Crippen molar-refractivity contribution in [2.45, 2.75) is 70.9 Å². The molecular formula is C35H39Cl2N3O3. The zero-order valence-electron chi connectivity index (χ0n) is 25.7. The smallest absolute Gasteiger partial charge is 0.326 e. The van der Waals surface area contributed by atoms with Gasteiger partial charge in [0.25, 0.3) is 0 Å². The van der Waals surface area contributed by atoms with Crippen molar-refractivity contribution < 1.29 is 14.3 Å². The monoisotopic (exact) mass is 619 g/mol. The Morgan fingerprint density at radius 1 is 0.953 bits per heavy atom. The number of carbonyl (C=O) groups is 2. The lowest BCUT2D eigenvalue weighted by atomic mass is 9.71. The summed E-state index contributed by atoms with van der Waals surface area (Å²) in [6.45, 7) is 13.5. The van der Waals surface area contributed by atoms with Gasteiger partial charge < -0.3 is 9.64 Å². The van der Waals surface area contributed by atoms with E-state index in [1.165, 1.54) is 0 Å². The fourth-order valence-corrected chi connectivity index (χ4v) is 6.41. The van der Waals surface area contributed by atoms with Crippen molar-refractivity contribution in [3.8, 4) is 5.75 Å². The average molecular weight is 621 g/mol. The molecule has 1 fully saturated rings. The van der Waals surface area contributed by atoms with Crippen LogP contribution in [0.5, 0.6) is 5.75 Å². The number of halogens is 2. The molecule has 43 heavy (non-hydrogen) atoms. The summed E-state index contributed by atoms with van der Waals surface area (Å²) in [4.78, 5) is 36.2. The average Bonchev–Trinajstić information content (AvgIpc) is 3.21. The highest BCUT2D eigenvalue weighted by Crippen LogP contribution is 2.54. The molecule has 0 bridgehead atoms. The number of amides is 2. The summed E-state index contributed by atoms with van der Waals surface area (Å²) < 4.78 is 6.23. The molecule has 0 radical (unpaired) electrons. The molecule has 8 heteroatoms. The predicted molar refractivity (Wildman–Crippen MR) is 174 cm³/mol. The second kappa shape index (κ2) is 11.6. The molecule has 0 aliphatic carbocycles. The van der Waals surface area contributed by atoms with Crippen LogP contribution in [0.4, 0.5) is 4.79 Å². The van der Waals surface area contributed by atoms with Gasteiger partial charge in [-0.05, 0) is 85.7 Å². The number of hydrogen-bond acceptors (Lipinski definition) is 4. The van der Waals surface area contributed by atoms with Gasteiger partial charge in [0.15, 0.2) is 5.78 Å². The normalized spacial score (nSPS) is 22.5. The maximum atomic E-state index is 14.8. The number of nitrogens with zero attached hydrogens (tertiary/aromatic N) is 3. The quantitative estimate of drug-likeness (QED) is 0.288. The number of Topliss-reactive ketones (excluding diaryl/α,β-unsaturated/α-hetero) is 1. The number of benzene rings is 3. The van der Waals surface area contributed by atoms with Crippen molar-refractivity contribution in [3.05, 3.63) is 99.0 Å². The summed E-state index contributed by atoms with van der Waals surface area (Å²) in [7, 11) is 0. The number of likely N-dealkylation sites (tertiary alicyclic amines) is 1. The summed E-state index contributed by atoms with van der Waals surface area (Å²) in [6, 6.07) is 21.0. The maximum absolute atomic E-state index is 14.8. The van der Waals surface area contributed by atoms with E-state index in [1.54, 1.807) is 9.80 Å². The van der Waals surface area contributed by atoms with E-state index in [9.17, 15) is 9.59 Å². The van der Waals surface area contributed by atoms with E-state index in [4.69, 9.17) is 32.9 Å². The van der Waals surface area contributed by atoms with Gasteiger partial charge >= 0.3 is 6.03 Å². The summed E-state index contributed by atoms with van der Waals surface area (Å²) in [5.74, 6) is 1.19. The molecule has 0 saturated carbocycles. The summed E-state index contributed by atoms with van der Waals surface area (Å²) in [5, 5.41) is 1.20. The highest BCUT2D eigenvalue weighted by molar-refractivity contribution is 6.30. The number of piperidine rings is 1. The van der Waals surface area contributed by atoms with E-state index in [0.29, 0.717) is 53.2 Å². The van der Waals surface area contributed by atoms with Crippen LogP contribution in [0.2, 0.25) is 10.0 Å². The van der Waals surface area contributed by atoms with Crippen LogP contribution >= 0.6 is 23.2 Å². The zero-order valence-corrected chi connectivity index (χ0v) is 27.2. The Hall–Kier alpha value is -3.35. The van der Waals surface area contributed by atoms with Gasteiger partial charge in [-0.1, -0.05) is 74.3 Å². The van der Waals surface area contributed by atoms with Crippen LogP contribution in [0.25, 0.3) is 0 Å². The number of ketones is 1. The number of aliphatic imine (C=N–C) groups is 1. The molecule has 226 valence electrons. The standard InChI is InChI=1S/C35H39Cl2N3O3/c1-7-43-30-21-25(33(2,3)4)14-19-29(30)31-38-34(5,23-10-15-26(36)16-11-23)35(6,24-12-17-27(37)18-13-24)40(31)32(42)39-20-8-9-28(41)22-39/h10-19,21H,7-9,20,22H2,1-6H3/t34-,35+/m1/s1. The molecule has 0 unspecified atom stereocenters. The second-order valence-corrected chi connectivity index (χ2v) is 13.5. The first kappa shape index (κ1) is 31.1. The molecule has 0 aromatic heterocycles. The molecule has 5 rings (SSSR count). The minimum Gasteiger partial charge on any atom is -0.493 e. The molecule has 2 aliphatic rings. The SMILES string of the molecule is CCOc1cc(C(C)(C)C)ccc1C1=N[C@](C)(c2ccc(Cl)cc2)[C@](C)(c2ccc(Cl)cc2)N1C(=O)N1CCCC(=O)C1. The predicted octanol–water partition coefficient (Wildman–Crippen LogP) is 8.37. The van der Waals surface area contributed by atoms with Gasteiger partial charge in [0.05, 0.1) is 18.7 Å². The van der Waals surface area contributed by atoms with Crippen LogP contribution in [-0.4, -0.2) is 47.1 Å². The van der Waals surface area contributed by atoms with Gasteiger partial charge in [0.1, 0.15) is 22.7 Å². The Kier molecular flexibility index (Phi) is 8.40. The third-order valence-corrected chi connectivity index (χ3v) is 9.35. The fourth-order valence-electron chi connectivity index (χ4n) is 6.16. The summed E-state index contributed by atoms with van der Waals surface area (Å²) in [5.41, 5.74) is 1.48. The molecule has 2 aliphatic heterocycles. The third kappa shape index (κ3) is 5.56. The summed E-state index contributed by atoms with van der Waals surface area (Å²) in [6.07, 6.45) is 1.10. The maximum Gasteiger partial charge on any atom is 0.326 e. The Labute approximate surface area is 264 Å². The molecule has 0 spiro atoms. The van der Waals surface area contributed by atoms with Gasteiger partial charge in [-0.25, -0.2) is 4.79 Å². The van der Waals surface area contributed by atoms with Crippen LogP contribution in [-0.2, 0) is 21.3 Å². The van der Waals surface area contributed by atoms with E-state index in [1.807, 2.05) is 81.4 Å². The molecule has 2 atom stereocenters. The first-order valence-electron chi connectivity index (χ1n) is 14.8. The fraction of sp³-hybridized carbons (Fsp3) is 0.400. The lowest BCUT2D eigenvalue weighted by Crippen LogP contribution is -2.59. The number of amidine groups is 1. The van der Waals surface area contributed by atoms with Crippen LogP contribution in [0.3, 0.4) is 0 Å². The van der Waals surface area contributed by atoms with Crippen molar-refractivity contribution in [2.24, 2.45) is 4.99 Å². The van der Waals surface area contributed by atoms with E-state index in [2.05, 4.69) is 26.8 Å². The largest absolute Gasteiger partial charge is 0.493 e. The summed E-state index contributed by atoms with van der Waals surface area (Å²) >= 11 is 12.7. The molecule has 1 saturated heterocycles. The van der Waals surface area contributed by atoms with Crippen molar-refractivity contribution in [1.29, 1.82) is 0 Å². The number of urea groups is 1. The highest BCUT2D eigenvalue weighted by Gasteiger charge is 2.60. The van der Waals surface area contributed by atoms with Crippen LogP contribution in [0, 0.1) is 0 Å². The van der Waals surface area contributed by atoms with Crippen LogP contribution < -0.4 is 4.74 Å². The highest BCUT2D eigenvalue weighted by atomic mass is 35.5. The van der Waals surface area contributed by atoms with Crippen molar-refractivity contribution >= 4 is 40.9 Å². The molecule has 2 heterocycles. The van der Waals surface area contributed by atoms with Crippen molar-refractivity contribution in [3.63, 3.8) is 0 Å². The van der Waals surface area contributed by atoms with Crippen LogP contribution in [0.1, 0.15) is 76.6 Å². The minimum atomic E-state index is -1.02. The molecule has 3 aromatic rings. The van der Waals surface area contributed by atoms with Gasteiger partial charge in [-0.2, -0.15) is 0 Å². The van der Waals surface area contributed by atoms with Gasteiger partial charge in [0.2, 0.25) is 0 Å². The molecular weight excluding hydrogens is 581 g/mol. The van der Waals surface area contributed by atoms with E-state index in [0.717, 1.165) is 16.7 Å². The second-order valence-electron chi connectivity index (χ2n) is 12.7. The van der Waals surface area contributed by atoms with Gasteiger partial charge in [0, 0.05) is 23.0 Å². The van der Waals surface area contributed by atoms with Crippen LogP contribution in [0.15, 0.2) is 71.7 Å². The van der Waals surface area contributed by atoms with E-state index < -0.39 is 11.1 Å². The Morgan fingerprint density at radius 3 is 2.12 bits per heavy atom. The Balaban J connectivity index is 1.81. The van der Waals surface area contributed by atoms with E-state index >= 15 is 0 Å². The minimum absolute atomic E-state index is 0.0514. The third-order valence-electron chi connectivity index (χ3n) is 8.85. The first-order valence-corrected chi connectivity index (χ1v) is 15.6. The van der Waals surface area contributed by atoms with E-state index in [-0.39, 0.29) is 23.8 Å². The first-order chi connectivity index (χ1) is 20.3. The molecule has 0 N–H and O–H groups in total.